The lowest BCUT2D eigenvalue weighted by atomic mass is 9.87. The molecule has 1 aromatic carbocycles. The van der Waals surface area contributed by atoms with Crippen LogP contribution >= 0.6 is 0 Å². The summed E-state index contributed by atoms with van der Waals surface area (Å²) in [4.78, 5) is 31.5. The first kappa shape index (κ1) is 18.7. The summed E-state index contributed by atoms with van der Waals surface area (Å²) in [6.45, 7) is 4.43. The van der Waals surface area contributed by atoms with E-state index < -0.39 is 0 Å². The van der Waals surface area contributed by atoms with Crippen molar-refractivity contribution in [3.63, 3.8) is 0 Å². The smallest absolute Gasteiger partial charge is 0.276 e. The van der Waals surface area contributed by atoms with Crippen LogP contribution in [0, 0.1) is 18.8 Å². The van der Waals surface area contributed by atoms with E-state index in [4.69, 9.17) is 4.52 Å². The minimum absolute atomic E-state index is 0.00578. The Labute approximate surface area is 164 Å². The summed E-state index contributed by atoms with van der Waals surface area (Å²) in [5.74, 6) is 0.537. The van der Waals surface area contributed by atoms with E-state index in [1.54, 1.807) is 6.07 Å². The number of fused-ring (bicyclic) bond motifs is 1. The second-order valence-electron chi connectivity index (χ2n) is 8.10. The van der Waals surface area contributed by atoms with E-state index in [0.29, 0.717) is 31.9 Å². The number of hydrogen-bond donors (Lipinski definition) is 0. The number of aromatic nitrogens is 1. The number of benzene rings is 1. The van der Waals surface area contributed by atoms with E-state index in [1.165, 1.54) is 17.4 Å². The Morgan fingerprint density at radius 2 is 1.96 bits per heavy atom. The zero-order valence-corrected chi connectivity index (χ0v) is 16.5. The molecule has 28 heavy (non-hydrogen) atoms. The van der Waals surface area contributed by atoms with Gasteiger partial charge in [-0.05, 0) is 32.1 Å². The Morgan fingerprint density at radius 3 is 2.64 bits per heavy atom. The van der Waals surface area contributed by atoms with E-state index in [2.05, 4.69) is 24.2 Å². The fourth-order valence-electron chi connectivity index (χ4n) is 4.63. The molecule has 2 aromatic rings. The fourth-order valence-corrected chi connectivity index (χ4v) is 4.63. The third-order valence-electron chi connectivity index (χ3n) is 5.89. The van der Waals surface area contributed by atoms with Crippen molar-refractivity contribution in [1.29, 1.82) is 0 Å². The second kappa shape index (κ2) is 7.39. The van der Waals surface area contributed by atoms with E-state index >= 15 is 0 Å². The van der Waals surface area contributed by atoms with E-state index in [0.717, 1.165) is 0 Å². The quantitative estimate of drug-likeness (QED) is 0.807. The highest BCUT2D eigenvalue weighted by Crippen LogP contribution is 2.46. The van der Waals surface area contributed by atoms with Crippen molar-refractivity contribution in [2.45, 2.75) is 13.0 Å². The van der Waals surface area contributed by atoms with Crippen molar-refractivity contribution < 1.29 is 14.1 Å². The van der Waals surface area contributed by atoms with Gasteiger partial charge in [0.15, 0.2) is 5.69 Å². The molecular formula is C21H26N4O3. The van der Waals surface area contributed by atoms with Gasteiger partial charge >= 0.3 is 0 Å². The number of amides is 2. The first-order valence-corrected chi connectivity index (χ1v) is 9.65. The molecule has 2 aliphatic heterocycles. The number of likely N-dealkylation sites (N-methyl/N-ethyl adjacent to an activating group) is 1. The Bertz CT molecular complexity index is 864. The molecule has 0 spiro atoms. The maximum Gasteiger partial charge on any atom is 0.276 e. The average Bonchev–Trinajstić information content (AvgIpc) is 3.37. The molecule has 1 aromatic heterocycles. The molecule has 0 bridgehead atoms. The van der Waals surface area contributed by atoms with Crippen LogP contribution < -0.4 is 0 Å². The predicted octanol–water partition coefficient (Wildman–Crippen LogP) is 1.82. The Kier molecular flexibility index (Phi) is 4.93. The first-order valence-electron chi connectivity index (χ1n) is 9.65. The van der Waals surface area contributed by atoms with Gasteiger partial charge in [-0.15, -0.1) is 0 Å². The van der Waals surface area contributed by atoms with Gasteiger partial charge in [0.2, 0.25) is 5.91 Å². The molecule has 2 amide bonds. The summed E-state index contributed by atoms with van der Waals surface area (Å²) in [7, 11) is 3.83. The second-order valence-corrected chi connectivity index (χ2v) is 8.10. The molecule has 3 heterocycles. The monoisotopic (exact) mass is 382 g/mol. The highest BCUT2D eigenvalue weighted by Gasteiger charge is 2.50. The zero-order chi connectivity index (χ0) is 19.8. The maximum atomic E-state index is 13.0. The predicted molar refractivity (Wildman–Crippen MR) is 104 cm³/mol. The first-order chi connectivity index (χ1) is 13.5. The molecule has 0 unspecified atom stereocenters. The standard InChI is InChI=1S/C21H26N4O3/c1-14-6-4-5-7-16(14)20-17-12-24(21(27)18-8-9-28-22-18)10-15(17)11-25(20)19(26)13-23(2)3/h4-9,15,17,20H,10-13H2,1-3H3/t15-,17-,20+/m1/s1. The lowest BCUT2D eigenvalue weighted by Gasteiger charge is -2.31. The van der Waals surface area contributed by atoms with Gasteiger partial charge in [0, 0.05) is 37.5 Å². The minimum Gasteiger partial charge on any atom is -0.364 e. The summed E-state index contributed by atoms with van der Waals surface area (Å²) in [5.41, 5.74) is 2.70. The molecular weight excluding hydrogens is 356 g/mol. The van der Waals surface area contributed by atoms with Crippen LogP contribution in [-0.4, -0.2) is 71.9 Å². The SMILES string of the molecule is Cc1ccccc1[C@H]1[C@@H]2CN(C(=O)c3ccon3)C[C@@H]2CN1C(=O)CN(C)C. The number of hydrogen-bond acceptors (Lipinski definition) is 5. The minimum atomic E-state index is -0.0992. The molecule has 3 atom stereocenters. The third-order valence-corrected chi connectivity index (χ3v) is 5.89. The van der Waals surface area contributed by atoms with Gasteiger partial charge in [0.05, 0.1) is 12.6 Å². The molecule has 148 valence electrons. The van der Waals surface area contributed by atoms with E-state index in [9.17, 15) is 9.59 Å². The van der Waals surface area contributed by atoms with Crippen molar-refractivity contribution in [1.82, 2.24) is 19.9 Å². The van der Waals surface area contributed by atoms with Gasteiger partial charge in [-0.2, -0.15) is 0 Å². The third kappa shape index (κ3) is 3.30. The lowest BCUT2D eigenvalue weighted by molar-refractivity contribution is -0.133. The summed E-state index contributed by atoms with van der Waals surface area (Å²) in [5, 5.41) is 3.79. The molecule has 0 radical (unpaired) electrons. The van der Waals surface area contributed by atoms with Gasteiger partial charge in [0.1, 0.15) is 6.26 Å². The van der Waals surface area contributed by atoms with Crippen LogP contribution in [0.5, 0.6) is 0 Å². The van der Waals surface area contributed by atoms with Gasteiger partial charge in [-0.1, -0.05) is 29.4 Å². The normalized spacial score (nSPS) is 24.1. The van der Waals surface area contributed by atoms with Crippen molar-refractivity contribution >= 4 is 11.8 Å². The topological polar surface area (TPSA) is 69.9 Å². The van der Waals surface area contributed by atoms with Crippen LogP contribution in [0.15, 0.2) is 41.1 Å². The Balaban J connectivity index is 1.62. The molecule has 2 aliphatic rings. The van der Waals surface area contributed by atoms with E-state index in [-0.39, 0.29) is 29.7 Å². The van der Waals surface area contributed by atoms with Crippen molar-refractivity contribution in [2.75, 3.05) is 40.3 Å². The van der Waals surface area contributed by atoms with Crippen molar-refractivity contribution in [2.24, 2.45) is 11.8 Å². The van der Waals surface area contributed by atoms with Crippen LogP contribution in [0.25, 0.3) is 0 Å². The van der Waals surface area contributed by atoms with Gasteiger partial charge in [-0.25, -0.2) is 0 Å². The Morgan fingerprint density at radius 1 is 1.18 bits per heavy atom. The number of carbonyl (C=O) groups excluding carboxylic acids is 2. The number of nitrogens with zero attached hydrogens (tertiary/aromatic N) is 4. The van der Waals surface area contributed by atoms with Gasteiger partial charge in [-0.3, -0.25) is 9.59 Å². The molecule has 0 N–H and O–H groups in total. The number of aryl methyl sites for hydroxylation is 1. The van der Waals surface area contributed by atoms with Crippen LogP contribution in [0.1, 0.15) is 27.7 Å². The van der Waals surface area contributed by atoms with Crippen LogP contribution in [0.3, 0.4) is 0 Å². The molecule has 0 saturated carbocycles. The molecule has 2 fully saturated rings. The van der Waals surface area contributed by atoms with E-state index in [1.807, 2.05) is 40.9 Å². The molecule has 7 heteroatoms. The Hall–Kier alpha value is -2.67. The highest BCUT2D eigenvalue weighted by atomic mass is 16.5. The molecule has 2 saturated heterocycles. The highest BCUT2D eigenvalue weighted by molar-refractivity contribution is 5.92. The van der Waals surface area contributed by atoms with Crippen LogP contribution in [0.4, 0.5) is 0 Å². The summed E-state index contributed by atoms with van der Waals surface area (Å²) in [6, 6.07) is 9.84. The number of likely N-dealkylation sites (tertiary alicyclic amines) is 2. The molecule has 0 aliphatic carbocycles. The maximum absolute atomic E-state index is 13.0. The summed E-state index contributed by atoms with van der Waals surface area (Å²) < 4.78 is 4.83. The average molecular weight is 382 g/mol. The van der Waals surface area contributed by atoms with Crippen LogP contribution in [-0.2, 0) is 4.79 Å². The summed E-state index contributed by atoms with van der Waals surface area (Å²) in [6.07, 6.45) is 1.42. The molecule has 7 nitrogen and oxygen atoms in total. The summed E-state index contributed by atoms with van der Waals surface area (Å²) >= 11 is 0. The van der Waals surface area contributed by atoms with Crippen LogP contribution in [0.2, 0.25) is 0 Å². The molecule has 4 rings (SSSR count). The van der Waals surface area contributed by atoms with Crippen molar-refractivity contribution in [3.05, 3.63) is 53.4 Å². The fraction of sp³-hybridized carbons (Fsp3) is 0.476. The largest absolute Gasteiger partial charge is 0.364 e. The number of carbonyl (C=O) groups is 2. The zero-order valence-electron chi connectivity index (χ0n) is 16.5. The van der Waals surface area contributed by atoms with Gasteiger partial charge < -0.3 is 19.2 Å². The lowest BCUT2D eigenvalue weighted by Crippen LogP contribution is -2.41. The number of rotatable bonds is 4. The van der Waals surface area contributed by atoms with Crippen molar-refractivity contribution in [3.8, 4) is 0 Å². The van der Waals surface area contributed by atoms with Gasteiger partial charge in [0.25, 0.3) is 5.91 Å².